The van der Waals surface area contributed by atoms with Crippen molar-refractivity contribution in [3.05, 3.63) is 0 Å². The maximum absolute atomic E-state index is 10.7. The predicted molar refractivity (Wildman–Crippen MR) is 59.9 cm³/mol. The summed E-state index contributed by atoms with van der Waals surface area (Å²) in [6.45, 7) is 6.15. The number of hydrogen-bond donors (Lipinski definition) is 0. The van der Waals surface area contributed by atoms with Gasteiger partial charge in [0.25, 0.3) is 0 Å². The minimum absolute atomic E-state index is 0.232. The highest BCUT2D eigenvalue weighted by Gasteiger charge is 2.13. The maximum Gasteiger partial charge on any atom is 0.186 e. The second-order valence-corrected chi connectivity index (χ2v) is 5.35. The van der Waals surface area contributed by atoms with Crippen LogP contribution in [0.1, 0.15) is 26.7 Å². The summed E-state index contributed by atoms with van der Waals surface area (Å²) >= 11 is 1.44. The standard InChI is InChI=1S/C10H22NOS/c1-5-6-7-11(3,4)8-9-13-10(2)12/h5-9H2,1-4H3/q+1. The first-order valence-electron chi connectivity index (χ1n) is 4.93. The van der Waals surface area contributed by atoms with Gasteiger partial charge < -0.3 is 4.48 Å². The highest BCUT2D eigenvalue weighted by Crippen LogP contribution is 2.06. The molecule has 0 aromatic rings. The molecule has 0 saturated heterocycles. The van der Waals surface area contributed by atoms with Crippen LogP contribution in [0.15, 0.2) is 0 Å². The lowest BCUT2D eigenvalue weighted by atomic mass is 10.3. The molecule has 0 aliphatic carbocycles. The van der Waals surface area contributed by atoms with Crippen molar-refractivity contribution in [3.63, 3.8) is 0 Å². The molecule has 0 N–H and O–H groups in total. The molecule has 0 aliphatic rings. The molecule has 0 rings (SSSR count). The van der Waals surface area contributed by atoms with Crippen LogP contribution in [-0.2, 0) is 4.79 Å². The van der Waals surface area contributed by atoms with Crippen molar-refractivity contribution in [1.82, 2.24) is 0 Å². The summed E-state index contributed by atoms with van der Waals surface area (Å²) in [5.41, 5.74) is 0. The van der Waals surface area contributed by atoms with Crippen molar-refractivity contribution in [2.45, 2.75) is 26.7 Å². The Morgan fingerprint density at radius 2 is 1.92 bits per heavy atom. The van der Waals surface area contributed by atoms with E-state index < -0.39 is 0 Å². The molecule has 0 aliphatic heterocycles. The molecule has 78 valence electrons. The Labute approximate surface area is 86.3 Å². The molecule has 0 bridgehead atoms. The van der Waals surface area contributed by atoms with Crippen LogP contribution in [0, 0.1) is 0 Å². The molecule has 0 atom stereocenters. The number of thioether (sulfide) groups is 1. The smallest absolute Gasteiger partial charge is 0.186 e. The van der Waals surface area contributed by atoms with E-state index in [-0.39, 0.29) is 5.12 Å². The zero-order chi connectivity index (χ0) is 10.3. The van der Waals surface area contributed by atoms with E-state index in [4.69, 9.17) is 0 Å². The molecular weight excluding hydrogens is 182 g/mol. The van der Waals surface area contributed by atoms with Crippen molar-refractivity contribution in [2.24, 2.45) is 0 Å². The number of carbonyl (C=O) groups is 1. The highest BCUT2D eigenvalue weighted by molar-refractivity contribution is 8.13. The largest absolute Gasteiger partial charge is 0.328 e. The number of carbonyl (C=O) groups excluding carboxylic acids is 1. The van der Waals surface area contributed by atoms with E-state index in [2.05, 4.69) is 21.0 Å². The number of unbranched alkanes of at least 4 members (excludes halogenated alkanes) is 1. The second kappa shape index (κ2) is 6.44. The molecule has 0 amide bonds. The van der Waals surface area contributed by atoms with Crippen molar-refractivity contribution in [1.29, 1.82) is 0 Å². The number of rotatable bonds is 6. The van der Waals surface area contributed by atoms with E-state index in [9.17, 15) is 4.79 Å². The van der Waals surface area contributed by atoms with Gasteiger partial charge in [-0.25, -0.2) is 0 Å². The third kappa shape index (κ3) is 8.31. The Balaban J connectivity index is 3.56. The summed E-state index contributed by atoms with van der Waals surface area (Å²) in [7, 11) is 4.46. The Hall–Kier alpha value is -0.0200. The van der Waals surface area contributed by atoms with Crippen molar-refractivity contribution in [3.8, 4) is 0 Å². The normalized spacial score (nSPS) is 11.7. The van der Waals surface area contributed by atoms with E-state index in [0.717, 1.165) is 16.8 Å². The van der Waals surface area contributed by atoms with Crippen LogP contribution >= 0.6 is 11.8 Å². The summed E-state index contributed by atoms with van der Waals surface area (Å²) in [4.78, 5) is 10.7. The van der Waals surface area contributed by atoms with Crippen molar-refractivity contribution < 1.29 is 9.28 Å². The SMILES string of the molecule is CCCC[N+](C)(C)CCSC(C)=O. The number of quaternary nitrogens is 1. The summed E-state index contributed by atoms with van der Waals surface area (Å²) in [5, 5.41) is 0.232. The van der Waals surface area contributed by atoms with Gasteiger partial charge in [-0.2, -0.15) is 0 Å². The fraction of sp³-hybridized carbons (Fsp3) is 0.900. The minimum atomic E-state index is 0.232. The van der Waals surface area contributed by atoms with Crippen LogP contribution in [0.25, 0.3) is 0 Å². The van der Waals surface area contributed by atoms with Gasteiger partial charge >= 0.3 is 0 Å². The molecule has 0 radical (unpaired) electrons. The van der Waals surface area contributed by atoms with Gasteiger partial charge in [-0.1, -0.05) is 25.1 Å². The average Bonchev–Trinajstić information content (AvgIpc) is 2.00. The summed E-state index contributed by atoms with van der Waals surface area (Å²) < 4.78 is 1.04. The topological polar surface area (TPSA) is 17.1 Å². The van der Waals surface area contributed by atoms with Gasteiger partial charge in [0, 0.05) is 6.92 Å². The molecule has 3 heteroatoms. The van der Waals surface area contributed by atoms with E-state index in [1.807, 2.05) is 0 Å². The van der Waals surface area contributed by atoms with Gasteiger partial charge in [0.05, 0.1) is 32.9 Å². The lowest BCUT2D eigenvalue weighted by Gasteiger charge is -2.29. The molecular formula is C10H22NOS+. The van der Waals surface area contributed by atoms with Crippen molar-refractivity contribution in [2.75, 3.05) is 32.9 Å². The highest BCUT2D eigenvalue weighted by atomic mass is 32.2. The molecule has 0 saturated carbocycles. The molecule has 0 unspecified atom stereocenters. The summed E-state index contributed by atoms with van der Waals surface area (Å²) in [6, 6.07) is 0. The molecule has 0 spiro atoms. The third-order valence-electron chi connectivity index (χ3n) is 2.12. The quantitative estimate of drug-likeness (QED) is 0.617. The Bertz CT molecular complexity index is 157. The van der Waals surface area contributed by atoms with E-state index in [1.165, 1.54) is 31.1 Å². The molecule has 13 heavy (non-hydrogen) atoms. The fourth-order valence-electron chi connectivity index (χ4n) is 1.13. The van der Waals surface area contributed by atoms with Crippen LogP contribution in [0.4, 0.5) is 0 Å². The zero-order valence-corrected chi connectivity index (χ0v) is 10.1. The van der Waals surface area contributed by atoms with E-state index in [1.54, 1.807) is 6.92 Å². The van der Waals surface area contributed by atoms with E-state index >= 15 is 0 Å². The van der Waals surface area contributed by atoms with Gasteiger partial charge in [0.15, 0.2) is 5.12 Å². The number of nitrogens with zero attached hydrogens (tertiary/aromatic N) is 1. The van der Waals surface area contributed by atoms with Crippen LogP contribution in [0.5, 0.6) is 0 Å². The van der Waals surface area contributed by atoms with Gasteiger partial charge in [-0.05, 0) is 6.42 Å². The lowest BCUT2D eigenvalue weighted by Crippen LogP contribution is -2.42. The first-order valence-corrected chi connectivity index (χ1v) is 5.92. The first kappa shape index (κ1) is 13.0. The van der Waals surface area contributed by atoms with Crippen molar-refractivity contribution >= 4 is 16.9 Å². The summed E-state index contributed by atoms with van der Waals surface area (Å²) in [5.74, 6) is 0.950. The third-order valence-corrected chi connectivity index (χ3v) is 2.91. The minimum Gasteiger partial charge on any atom is -0.328 e. The van der Waals surface area contributed by atoms with Crippen LogP contribution < -0.4 is 0 Å². The van der Waals surface area contributed by atoms with Gasteiger partial charge in [0.1, 0.15) is 0 Å². The Morgan fingerprint density at radius 1 is 1.31 bits per heavy atom. The fourth-order valence-corrected chi connectivity index (χ4v) is 2.01. The maximum atomic E-state index is 10.7. The predicted octanol–water partition coefficient (Wildman–Crippen LogP) is 2.14. The van der Waals surface area contributed by atoms with Gasteiger partial charge in [0.2, 0.25) is 0 Å². The summed E-state index contributed by atoms with van der Waals surface area (Å²) in [6.07, 6.45) is 2.53. The molecule has 2 nitrogen and oxygen atoms in total. The van der Waals surface area contributed by atoms with Crippen LogP contribution in [-0.4, -0.2) is 42.5 Å². The molecule has 0 fully saturated rings. The van der Waals surface area contributed by atoms with Crippen LogP contribution in [0.3, 0.4) is 0 Å². The zero-order valence-electron chi connectivity index (χ0n) is 9.30. The second-order valence-electron chi connectivity index (χ2n) is 4.08. The monoisotopic (exact) mass is 204 g/mol. The van der Waals surface area contributed by atoms with Gasteiger partial charge in [-0.3, -0.25) is 4.79 Å². The lowest BCUT2D eigenvalue weighted by molar-refractivity contribution is -0.888. The molecule has 0 aromatic heterocycles. The first-order chi connectivity index (χ1) is 5.98. The Kier molecular flexibility index (Phi) is 6.43. The molecule has 0 heterocycles. The number of hydrogen-bond acceptors (Lipinski definition) is 2. The molecule has 0 aromatic carbocycles. The van der Waals surface area contributed by atoms with Gasteiger partial charge in [-0.15, -0.1) is 0 Å². The van der Waals surface area contributed by atoms with E-state index in [0.29, 0.717) is 0 Å². The Morgan fingerprint density at radius 3 is 2.38 bits per heavy atom. The van der Waals surface area contributed by atoms with Crippen LogP contribution in [0.2, 0.25) is 0 Å². The average molecular weight is 204 g/mol.